The Morgan fingerprint density at radius 2 is 1.72 bits per heavy atom. The number of rotatable bonds is 8. The number of amides is 1. The number of carbonyl (C=O) groups excluding carboxylic acids is 1. The van der Waals surface area contributed by atoms with E-state index in [2.05, 4.69) is 5.32 Å². The molecule has 0 bridgehead atoms. The van der Waals surface area contributed by atoms with E-state index in [0.717, 1.165) is 19.3 Å². The molecule has 0 radical (unpaired) electrons. The molecule has 1 aliphatic rings. The highest BCUT2D eigenvalue weighted by Crippen LogP contribution is 2.22. The number of nitrogens with one attached hydrogen (secondary N) is 1. The van der Waals surface area contributed by atoms with E-state index in [4.69, 9.17) is 4.74 Å². The summed E-state index contributed by atoms with van der Waals surface area (Å²) in [6.07, 6.45) is 2.82. The molecule has 3 rings (SSSR count). The van der Waals surface area contributed by atoms with Gasteiger partial charge in [0.1, 0.15) is 18.2 Å². The molecular weight excluding hydrogens is 395 g/mol. The standard InChI is InChI=1S/C21H25FN2O4S/c22-20-7-3-2-6-17(20)16-21(25)23-12-15-28-18-8-10-19(11-9-18)29(26,27)24-13-4-1-5-14-24/h2-3,6-11H,1,4-5,12-16H2,(H,23,25). The van der Waals surface area contributed by atoms with Crippen molar-refractivity contribution in [2.24, 2.45) is 0 Å². The Labute approximate surface area is 170 Å². The first-order valence-electron chi connectivity index (χ1n) is 9.70. The summed E-state index contributed by atoms with van der Waals surface area (Å²) in [7, 11) is -3.46. The first kappa shape index (κ1) is 21.3. The molecule has 0 spiro atoms. The topological polar surface area (TPSA) is 75.7 Å². The molecule has 1 heterocycles. The number of piperidine rings is 1. The van der Waals surface area contributed by atoms with Crippen LogP contribution in [0.3, 0.4) is 0 Å². The van der Waals surface area contributed by atoms with Crippen LogP contribution >= 0.6 is 0 Å². The SMILES string of the molecule is O=C(Cc1ccccc1F)NCCOc1ccc(S(=O)(=O)N2CCCCC2)cc1. The van der Waals surface area contributed by atoms with Crippen LogP contribution in [0.4, 0.5) is 4.39 Å². The van der Waals surface area contributed by atoms with Gasteiger partial charge in [0.15, 0.2) is 0 Å². The Bertz CT molecular complexity index is 926. The molecule has 1 aliphatic heterocycles. The highest BCUT2D eigenvalue weighted by molar-refractivity contribution is 7.89. The Kier molecular flexibility index (Phi) is 7.22. The fourth-order valence-corrected chi connectivity index (χ4v) is 4.72. The molecule has 1 saturated heterocycles. The Morgan fingerprint density at radius 1 is 1.03 bits per heavy atom. The van der Waals surface area contributed by atoms with E-state index >= 15 is 0 Å². The second kappa shape index (κ2) is 9.84. The zero-order chi connectivity index (χ0) is 20.7. The van der Waals surface area contributed by atoms with Crippen LogP contribution in [0.2, 0.25) is 0 Å². The third-order valence-corrected chi connectivity index (χ3v) is 6.69. The molecule has 6 nitrogen and oxygen atoms in total. The van der Waals surface area contributed by atoms with E-state index in [1.54, 1.807) is 30.3 Å². The van der Waals surface area contributed by atoms with Crippen LogP contribution in [0.15, 0.2) is 53.4 Å². The summed E-state index contributed by atoms with van der Waals surface area (Å²) in [5.41, 5.74) is 0.344. The molecule has 29 heavy (non-hydrogen) atoms. The molecule has 2 aromatic carbocycles. The maximum Gasteiger partial charge on any atom is 0.243 e. The van der Waals surface area contributed by atoms with Crippen molar-refractivity contribution in [3.05, 3.63) is 59.9 Å². The van der Waals surface area contributed by atoms with Crippen LogP contribution in [-0.4, -0.2) is 44.9 Å². The van der Waals surface area contributed by atoms with Crippen LogP contribution in [0, 0.1) is 5.82 Å². The van der Waals surface area contributed by atoms with Gasteiger partial charge in [0.25, 0.3) is 0 Å². The van der Waals surface area contributed by atoms with E-state index in [1.807, 2.05) is 0 Å². The lowest BCUT2D eigenvalue weighted by Gasteiger charge is -2.25. The summed E-state index contributed by atoms with van der Waals surface area (Å²) in [6, 6.07) is 12.4. The zero-order valence-electron chi connectivity index (χ0n) is 16.1. The lowest BCUT2D eigenvalue weighted by Crippen LogP contribution is -2.35. The monoisotopic (exact) mass is 420 g/mol. The predicted molar refractivity (Wildman–Crippen MR) is 108 cm³/mol. The zero-order valence-corrected chi connectivity index (χ0v) is 17.0. The Balaban J connectivity index is 1.44. The van der Waals surface area contributed by atoms with Crippen molar-refractivity contribution in [2.45, 2.75) is 30.6 Å². The molecule has 0 aliphatic carbocycles. The average Bonchev–Trinajstić information content (AvgIpc) is 2.74. The van der Waals surface area contributed by atoms with Gasteiger partial charge in [-0.25, -0.2) is 12.8 Å². The molecule has 0 aromatic heterocycles. The normalized spacial score (nSPS) is 15.1. The summed E-state index contributed by atoms with van der Waals surface area (Å²) in [5.74, 6) is -0.175. The van der Waals surface area contributed by atoms with Crippen molar-refractivity contribution in [1.29, 1.82) is 0 Å². The fraction of sp³-hybridized carbons (Fsp3) is 0.381. The third kappa shape index (κ3) is 5.77. The Hall–Kier alpha value is -2.45. The van der Waals surface area contributed by atoms with Gasteiger partial charge in [-0.1, -0.05) is 24.6 Å². The first-order valence-corrected chi connectivity index (χ1v) is 11.1. The van der Waals surface area contributed by atoms with E-state index in [-0.39, 0.29) is 30.4 Å². The van der Waals surface area contributed by atoms with Crippen LogP contribution in [0.1, 0.15) is 24.8 Å². The van der Waals surface area contributed by atoms with E-state index in [0.29, 0.717) is 24.4 Å². The van der Waals surface area contributed by atoms with Crippen LogP contribution < -0.4 is 10.1 Å². The molecule has 0 unspecified atom stereocenters. The van der Waals surface area contributed by atoms with Crippen molar-refractivity contribution in [1.82, 2.24) is 9.62 Å². The number of nitrogens with zero attached hydrogens (tertiary/aromatic N) is 1. The number of ether oxygens (including phenoxy) is 1. The first-order chi connectivity index (χ1) is 14.0. The van der Waals surface area contributed by atoms with Crippen molar-refractivity contribution in [3.8, 4) is 5.75 Å². The molecule has 1 fully saturated rings. The van der Waals surface area contributed by atoms with Gasteiger partial charge in [-0.2, -0.15) is 4.31 Å². The number of halogens is 1. The highest BCUT2D eigenvalue weighted by atomic mass is 32.2. The van der Waals surface area contributed by atoms with Gasteiger partial charge in [0.05, 0.1) is 17.9 Å². The Morgan fingerprint density at radius 3 is 2.41 bits per heavy atom. The van der Waals surface area contributed by atoms with Crippen molar-refractivity contribution >= 4 is 15.9 Å². The lowest BCUT2D eigenvalue weighted by atomic mass is 10.1. The molecule has 1 N–H and O–H groups in total. The lowest BCUT2D eigenvalue weighted by molar-refractivity contribution is -0.120. The number of sulfonamides is 1. The highest BCUT2D eigenvalue weighted by Gasteiger charge is 2.25. The molecule has 8 heteroatoms. The van der Waals surface area contributed by atoms with Crippen LogP contribution in [0.25, 0.3) is 0 Å². The van der Waals surface area contributed by atoms with E-state index in [9.17, 15) is 17.6 Å². The maximum absolute atomic E-state index is 13.5. The summed E-state index contributed by atoms with van der Waals surface area (Å²) >= 11 is 0. The molecule has 156 valence electrons. The summed E-state index contributed by atoms with van der Waals surface area (Å²) < 4.78 is 45.9. The predicted octanol–water partition coefficient (Wildman–Crippen LogP) is 2.74. The number of hydrogen-bond donors (Lipinski definition) is 1. The van der Waals surface area contributed by atoms with E-state index < -0.39 is 15.8 Å². The van der Waals surface area contributed by atoms with Crippen molar-refractivity contribution < 1.29 is 22.3 Å². The minimum Gasteiger partial charge on any atom is -0.492 e. The van der Waals surface area contributed by atoms with Crippen LogP contribution in [-0.2, 0) is 21.2 Å². The number of benzene rings is 2. The van der Waals surface area contributed by atoms with Gasteiger partial charge in [-0.05, 0) is 48.7 Å². The maximum atomic E-state index is 13.5. The van der Waals surface area contributed by atoms with Gasteiger partial charge < -0.3 is 10.1 Å². The van der Waals surface area contributed by atoms with Crippen LogP contribution in [0.5, 0.6) is 5.75 Å². The smallest absolute Gasteiger partial charge is 0.243 e. The summed E-state index contributed by atoms with van der Waals surface area (Å²) in [6.45, 7) is 1.61. The second-order valence-electron chi connectivity index (χ2n) is 6.90. The van der Waals surface area contributed by atoms with Gasteiger partial charge >= 0.3 is 0 Å². The number of carbonyl (C=O) groups is 1. The van der Waals surface area contributed by atoms with E-state index in [1.165, 1.54) is 22.5 Å². The molecule has 0 saturated carbocycles. The molecule has 1 amide bonds. The number of hydrogen-bond acceptors (Lipinski definition) is 4. The second-order valence-corrected chi connectivity index (χ2v) is 8.84. The van der Waals surface area contributed by atoms with Gasteiger partial charge in [0.2, 0.25) is 15.9 Å². The van der Waals surface area contributed by atoms with Crippen molar-refractivity contribution in [2.75, 3.05) is 26.2 Å². The molecule has 0 atom stereocenters. The van der Waals surface area contributed by atoms with Gasteiger partial charge in [0, 0.05) is 13.1 Å². The average molecular weight is 421 g/mol. The van der Waals surface area contributed by atoms with Crippen molar-refractivity contribution in [3.63, 3.8) is 0 Å². The molecule has 2 aromatic rings. The minimum atomic E-state index is -3.46. The molecular formula is C21H25FN2O4S. The fourth-order valence-electron chi connectivity index (χ4n) is 3.20. The largest absolute Gasteiger partial charge is 0.492 e. The third-order valence-electron chi connectivity index (χ3n) is 4.78. The van der Waals surface area contributed by atoms with Gasteiger partial charge in [-0.15, -0.1) is 0 Å². The minimum absolute atomic E-state index is 0.0320. The summed E-state index contributed by atoms with van der Waals surface area (Å²) in [5, 5.41) is 2.67. The summed E-state index contributed by atoms with van der Waals surface area (Å²) in [4.78, 5) is 12.1. The quantitative estimate of drug-likeness (QED) is 0.667. The van der Waals surface area contributed by atoms with Gasteiger partial charge in [-0.3, -0.25) is 4.79 Å².